The predicted octanol–water partition coefficient (Wildman–Crippen LogP) is 2.70. The van der Waals surface area contributed by atoms with E-state index in [0.717, 1.165) is 30.8 Å². The monoisotopic (exact) mass is 259 g/mol. The Morgan fingerprint density at radius 2 is 2.11 bits per heavy atom. The quantitative estimate of drug-likeness (QED) is 0.803. The fraction of sp³-hybridized carbons (Fsp3) is 0.400. The van der Waals surface area contributed by atoms with E-state index < -0.39 is 0 Å². The number of aromatic nitrogens is 2. The molecular weight excluding hydrogens is 238 g/mol. The molecule has 0 saturated heterocycles. The molecule has 102 valence electrons. The maximum Gasteiger partial charge on any atom is 0.118 e. The van der Waals surface area contributed by atoms with E-state index in [1.54, 1.807) is 13.4 Å². The van der Waals surface area contributed by atoms with Crippen LogP contribution in [-0.2, 0) is 6.42 Å². The molecule has 0 saturated carbocycles. The highest BCUT2D eigenvalue weighted by molar-refractivity contribution is 5.29. The lowest BCUT2D eigenvalue weighted by Crippen LogP contribution is -2.23. The molecule has 0 aliphatic heterocycles. The van der Waals surface area contributed by atoms with E-state index in [2.05, 4.69) is 34.3 Å². The van der Waals surface area contributed by atoms with Crippen molar-refractivity contribution in [1.82, 2.24) is 15.3 Å². The zero-order valence-electron chi connectivity index (χ0n) is 11.5. The van der Waals surface area contributed by atoms with Crippen LogP contribution in [0.5, 0.6) is 5.75 Å². The Morgan fingerprint density at radius 1 is 1.32 bits per heavy atom. The third-order valence-corrected chi connectivity index (χ3v) is 3.27. The van der Waals surface area contributed by atoms with Gasteiger partial charge in [-0.1, -0.05) is 19.1 Å². The van der Waals surface area contributed by atoms with Crippen LogP contribution in [0.2, 0.25) is 0 Å². The summed E-state index contributed by atoms with van der Waals surface area (Å²) in [6, 6.07) is 8.64. The van der Waals surface area contributed by atoms with Crippen molar-refractivity contribution in [3.8, 4) is 5.75 Å². The molecule has 0 amide bonds. The lowest BCUT2D eigenvalue weighted by molar-refractivity contribution is 0.414. The van der Waals surface area contributed by atoms with Crippen molar-refractivity contribution in [2.24, 2.45) is 0 Å². The Labute approximate surface area is 114 Å². The second-order valence-electron chi connectivity index (χ2n) is 4.51. The zero-order chi connectivity index (χ0) is 13.5. The van der Waals surface area contributed by atoms with Gasteiger partial charge >= 0.3 is 0 Å². The number of nitrogens with zero attached hydrogens (tertiary/aromatic N) is 1. The fourth-order valence-corrected chi connectivity index (χ4v) is 2.14. The highest BCUT2D eigenvalue weighted by Crippen LogP contribution is 2.19. The third-order valence-electron chi connectivity index (χ3n) is 3.27. The summed E-state index contributed by atoms with van der Waals surface area (Å²) in [5, 5.41) is 3.57. The van der Waals surface area contributed by atoms with Crippen molar-refractivity contribution in [1.29, 1.82) is 0 Å². The number of H-pyrrole nitrogens is 1. The summed E-state index contributed by atoms with van der Waals surface area (Å²) in [7, 11) is 1.69. The Balaban J connectivity index is 1.88. The fourth-order valence-electron chi connectivity index (χ4n) is 2.14. The highest BCUT2D eigenvalue weighted by Gasteiger charge is 2.08. The Morgan fingerprint density at radius 3 is 2.68 bits per heavy atom. The van der Waals surface area contributed by atoms with Gasteiger partial charge < -0.3 is 15.0 Å². The number of ether oxygens (including phenoxy) is 1. The van der Waals surface area contributed by atoms with Gasteiger partial charge in [-0.05, 0) is 24.1 Å². The summed E-state index contributed by atoms with van der Waals surface area (Å²) >= 11 is 0. The molecule has 19 heavy (non-hydrogen) atoms. The number of hydrogen-bond donors (Lipinski definition) is 2. The van der Waals surface area contributed by atoms with E-state index in [1.807, 2.05) is 18.3 Å². The van der Waals surface area contributed by atoms with Gasteiger partial charge in [0.15, 0.2) is 0 Å². The van der Waals surface area contributed by atoms with Crippen molar-refractivity contribution in [3.05, 3.63) is 48.0 Å². The molecule has 0 spiro atoms. The van der Waals surface area contributed by atoms with Crippen LogP contribution in [0, 0.1) is 0 Å². The van der Waals surface area contributed by atoms with Gasteiger partial charge in [0.05, 0.1) is 13.4 Å². The van der Waals surface area contributed by atoms with E-state index in [4.69, 9.17) is 4.74 Å². The van der Waals surface area contributed by atoms with Crippen LogP contribution in [0.1, 0.15) is 30.6 Å². The normalized spacial score (nSPS) is 12.3. The molecule has 2 aromatic rings. The van der Waals surface area contributed by atoms with Gasteiger partial charge in [0.2, 0.25) is 0 Å². The zero-order valence-corrected chi connectivity index (χ0v) is 11.5. The Kier molecular flexibility index (Phi) is 4.98. The number of methoxy groups -OCH3 is 1. The van der Waals surface area contributed by atoms with Crippen LogP contribution in [0.15, 0.2) is 36.8 Å². The highest BCUT2D eigenvalue weighted by atomic mass is 16.5. The predicted molar refractivity (Wildman–Crippen MR) is 76.3 cm³/mol. The maximum atomic E-state index is 5.18. The van der Waals surface area contributed by atoms with E-state index in [1.165, 1.54) is 5.56 Å². The number of imidazole rings is 1. The van der Waals surface area contributed by atoms with Crippen LogP contribution in [-0.4, -0.2) is 23.6 Å². The van der Waals surface area contributed by atoms with Gasteiger partial charge in [-0.25, -0.2) is 4.98 Å². The number of hydrogen-bond acceptors (Lipinski definition) is 3. The molecule has 1 aromatic heterocycles. The van der Waals surface area contributed by atoms with Gasteiger partial charge in [0.1, 0.15) is 5.75 Å². The maximum absolute atomic E-state index is 5.18. The molecule has 1 heterocycles. The molecule has 1 aromatic carbocycles. The standard InChI is InChI=1S/C15H21N3O/c1-3-15(12-4-6-14(19-2)7-5-12)17-9-8-13-10-16-11-18-13/h4-7,10-11,15,17H,3,8-9H2,1-2H3,(H,16,18). The van der Waals surface area contributed by atoms with Crippen molar-refractivity contribution >= 4 is 0 Å². The van der Waals surface area contributed by atoms with Crippen LogP contribution in [0.3, 0.4) is 0 Å². The third kappa shape index (κ3) is 3.83. The molecule has 2 rings (SSSR count). The second-order valence-corrected chi connectivity index (χ2v) is 4.51. The summed E-state index contributed by atoms with van der Waals surface area (Å²) in [6.45, 7) is 3.13. The average molecular weight is 259 g/mol. The van der Waals surface area contributed by atoms with Crippen molar-refractivity contribution in [2.45, 2.75) is 25.8 Å². The van der Waals surface area contributed by atoms with E-state index in [0.29, 0.717) is 6.04 Å². The van der Waals surface area contributed by atoms with Gasteiger partial charge in [-0.15, -0.1) is 0 Å². The van der Waals surface area contributed by atoms with Crippen molar-refractivity contribution < 1.29 is 4.74 Å². The summed E-state index contributed by atoms with van der Waals surface area (Å²) in [5.74, 6) is 0.899. The molecule has 0 aliphatic carbocycles. The molecule has 0 bridgehead atoms. The first-order valence-corrected chi connectivity index (χ1v) is 6.68. The minimum absolute atomic E-state index is 0.383. The van der Waals surface area contributed by atoms with Gasteiger partial charge in [-0.3, -0.25) is 0 Å². The van der Waals surface area contributed by atoms with E-state index in [-0.39, 0.29) is 0 Å². The van der Waals surface area contributed by atoms with Crippen LogP contribution >= 0.6 is 0 Å². The van der Waals surface area contributed by atoms with Crippen molar-refractivity contribution in [3.63, 3.8) is 0 Å². The molecule has 4 nitrogen and oxygen atoms in total. The Hall–Kier alpha value is -1.81. The summed E-state index contributed by atoms with van der Waals surface area (Å²) in [4.78, 5) is 7.14. The summed E-state index contributed by atoms with van der Waals surface area (Å²) < 4.78 is 5.18. The molecule has 0 aliphatic rings. The Bertz CT molecular complexity index is 465. The molecule has 1 atom stereocenters. The lowest BCUT2D eigenvalue weighted by Gasteiger charge is -2.17. The number of benzene rings is 1. The number of rotatable bonds is 7. The molecule has 4 heteroatoms. The summed E-state index contributed by atoms with van der Waals surface area (Å²) in [6.07, 6.45) is 5.62. The van der Waals surface area contributed by atoms with Crippen LogP contribution in [0.4, 0.5) is 0 Å². The van der Waals surface area contributed by atoms with Gasteiger partial charge in [0, 0.05) is 30.9 Å². The minimum Gasteiger partial charge on any atom is -0.497 e. The number of aromatic amines is 1. The topological polar surface area (TPSA) is 49.9 Å². The molecule has 1 unspecified atom stereocenters. The first kappa shape index (κ1) is 13.6. The summed E-state index contributed by atoms with van der Waals surface area (Å²) in [5.41, 5.74) is 2.46. The van der Waals surface area contributed by atoms with Gasteiger partial charge in [0.25, 0.3) is 0 Å². The average Bonchev–Trinajstić information content (AvgIpc) is 2.97. The lowest BCUT2D eigenvalue weighted by atomic mass is 10.0. The second kappa shape index (κ2) is 6.95. The molecule has 0 fully saturated rings. The SMILES string of the molecule is CCC(NCCc1cnc[nH]1)c1ccc(OC)cc1. The van der Waals surface area contributed by atoms with Gasteiger partial charge in [-0.2, -0.15) is 0 Å². The minimum atomic E-state index is 0.383. The largest absolute Gasteiger partial charge is 0.497 e. The van der Waals surface area contributed by atoms with Crippen LogP contribution in [0.25, 0.3) is 0 Å². The number of nitrogens with one attached hydrogen (secondary N) is 2. The van der Waals surface area contributed by atoms with Crippen LogP contribution < -0.4 is 10.1 Å². The van der Waals surface area contributed by atoms with Crippen molar-refractivity contribution in [2.75, 3.05) is 13.7 Å². The molecule has 0 radical (unpaired) electrons. The first-order chi connectivity index (χ1) is 9.33. The van der Waals surface area contributed by atoms with E-state index in [9.17, 15) is 0 Å². The molecular formula is C15H21N3O. The molecule has 2 N–H and O–H groups in total. The van der Waals surface area contributed by atoms with E-state index >= 15 is 0 Å². The first-order valence-electron chi connectivity index (χ1n) is 6.68. The smallest absolute Gasteiger partial charge is 0.118 e.